The summed E-state index contributed by atoms with van der Waals surface area (Å²) in [6.45, 7) is 0. The van der Waals surface area contributed by atoms with E-state index >= 15 is 0 Å². The fourth-order valence-electron chi connectivity index (χ4n) is 4.30. The molecule has 1 N–H and O–H groups in total. The Kier molecular flexibility index (Phi) is 4.86. The number of carbonyl (C=O) groups excluding carboxylic acids is 2. The molecule has 0 radical (unpaired) electrons. The van der Waals surface area contributed by atoms with E-state index in [4.69, 9.17) is 4.84 Å². The molecule has 3 aromatic carbocycles. The molecule has 6 nitrogen and oxygen atoms in total. The summed E-state index contributed by atoms with van der Waals surface area (Å²) in [5.41, 5.74) is 0.0977. The second-order valence-electron chi connectivity index (χ2n) is 7.81. The number of rotatable bonds is 3. The van der Waals surface area contributed by atoms with Crippen LogP contribution in [0.2, 0.25) is 0 Å². The van der Waals surface area contributed by atoms with E-state index in [1.54, 1.807) is 36.4 Å². The highest BCUT2D eigenvalue weighted by molar-refractivity contribution is 6.24. The molecule has 2 heterocycles. The van der Waals surface area contributed by atoms with Crippen molar-refractivity contribution in [2.24, 2.45) is 5.92 Å². The lowest BCUT2D eigenvalue weighted by Crippen LogP contribution is -2.37. The number of hydroxylamine groups is 1. The van der Waals surface area contributed by atoms with Crippen molar-refractivity contribution < 1.29 is 32.7 Å². The number of hydrogen-bond acceptors (Lipinski definition) is 5. The summed E-state index contributed by atoms with van der Waals surface area (Å²) in [4.78, 5) is 33.4. The maximum atomic E-state index is 13.5. The average molecular weight is 454 g/mol. The number of amides is 2. The predicted molar refractivity (Wildman–Crippen MR) is 112 cm³/mol. The summed E-state index contributed by atoms with van der Waals surface area (Å²) < 4.78 is 39.6. The van der Waals surface area contributed by atoms with Crippen LogP contribution in [0.4, 0.5) is 24.5 Å². The molecule has 3 atom stereocenters. The first-order valence-corrected chi connectivity index (χ1v) is 10.1. The van der Waals surface area contributed by atoms with E-state index in [0.29, 0.717) is 11.3 Å². The van der Waals surface area contributed by atoms with Gasteiger partial charge in [0.25, 0.3) is 5.91 Å². The predicted octanol–water partition coefficient (Wildman–Crippen LogP) is 4.46. The third-order valence-electron chi connectivity index (χ3n) is 5.79. The normalized spacial score (nSPS) is 22.7. The molecule has 0 bridgehead atoms. The van der Waals surface area contributed by atoms with Crippen molar-refractivity contribution >= 4 is 23.2 Å². The van der Waals surface area contributed by atoms with E-state index in [1.807, 2.05) is 6.07 Å². The topological polar surface area (TPSA) is 70.1 Å². The second-order valence-corrected chi connectivity index (χ2v) is 7.81. The molecule has 0 aliphatic carbocycles. The number of nitrogens with zero attached hydrogens (tertiary/aromatic N) is 2. The zero-order chi connectivity index (χ0) is 23.3. The Labute approximate surface area is 186 Å². The van der Waals surface area contributed by atoms with E-state index in [9.17, 15) is 27.9 Å². The highest BCUT2D eigenvalue weighted by Gasteiger charge is 2.60. The fraction of sp³-hybridized carbons (Fsp3) is 0.167. The lowest BCUT2D eigenvalue weighted by molar-refractivity contribution is -0.137. The number of phenols is 1. The number of alkyl halides is 3. The summed E-state index contributed by atoms with van der Waals surface area (Å²) in [5, 5.41) is 11.2. The van der Waals surface area contributed by atoms with Crippen LogP contribution in [0.3, 0.4) is 0 Å². The molecule has 0 spiro atoms. The van der Waals surface area contributed by atoms with Crippen molar-refractivity contribution in [3.8, 4) is 5.75 Å². The highest BCUT2D eigenvalue weighted by Crippen LogP contribution is 2.48. The van der Waals surface area contributed by atoms with Crippen LogP contribution in [0.15, 0.2) is 78.9 Å². The van der Waals surface area contributed by atoms with Crippen molar-refractivity contribution in [3.63, 3.8) is 0 Å². The van der Waals surface area contributed by atoms with Crippen LogP contribution in [0.5, 0.6) is 5.75 Å². The SMILES string of the molecule is O=C1[C@@H]2[C@@H](c3ccc(O)cc3)N(c3ccccc3)O[C@H]2C(=O)N1c1cccc(C(F)(F)F)c1. The monoisotopic (exact) mass is 454 g/mol. The molecule has 2 saturated heterocycles. The second kappa shape index (κ2) is 7.63. The van der Waals surface area contributed by atoms with Gasteiger partial charge in [-0.05, 0) is 48.0 Å². The van der Waals surface area contributed by atoms with Gasteiger partial charge in [0.05, 0.1) is 23.0 Å². The first-order valence-electron chi connectivity index (χ1n) is 10.1. The van der Waals surface area contributed by atoms with E-state index in [2.05, 4.69) is 0 Å². The van der Waals surface area contributed by atoms with Crippen LogP contribution in [-0.2, 0) is 20.6 Å². The van der Waals surface area contributed by atoms with E-state index in [-0.39, 0.29) is 11.4 Å². The summed E-state index contributed by atoms with van der Waals surface area (Å²) in [5.74, 6) is -2.34. The Morgan fingerprint density at radius 3 is 2.15 bits per heavy atom. The third-order valence-corrected chi connectivity index (χ3v) is 5.79. The molecule has 33 heavy (non-hydrogen) atoms. The molecule has 3 aromatic rings. The molecule has 0 aromatic heterocycles. The minimum Gasteiger partial charge on any atom is -0.508 e. The minimum absolute atomic E-state index is 0.0277. The molecular formula is C24H17F3N2O4. The Morgan fingerprint density at radius 2 is 1.48 bits per heavy atom. The summed E-state index contributed by atoms with van der Waals surface area (Å²) >= 11 is 0. The lowest BCUT2D eigenvalue weighted by atomic mass is 9.90. The summed E-state index contributed by atoms with van der Waals surface area (Å²) in [7, 11) is 0. The highest BCUT2D eigenvalue weighted by atomic mass is 19.4. The number of carbonyl (C=O) groups is 2. The average Bonchev–Trinajstić information content (AvgIpc) is 3.30. The minimum atomic E-state index is -4.62. The van der Waals surface area contributed by atoms with Crippen LogP contribution < -0.4 is 9.96 Å². The first-order chi connectivity index (χ1) is 15.8. The molecular weight excluding hydrogens is 437 g/mol. The van der Waals surface area contributed by atoms with Crippen LogP contribution >= 0.6 is 0 Å². The van der Waals surface area contributed by atoms with Gasteiger partial charge in [0, 0.05) is 0 Å². The smallest absolute Gasteiger partial charge is 0.416 e. The van der Waals surface area contributed by atoms with Gasteiger partial charge in [0.15, 0.2) is 6.10 Å². The molecule has 2 amide bonds. The number of fused-ring (bicyclic) bond motifs is 1. The number of benzene rings is 3. The summed E-state index contributed by atoms with van der Waals surface area (Å²) in [6.07, 6.45) is -5.82. The fourth-order valence-corrected chi connectivity index (χ4v) is 4.30. The van der Waals surface area contributed by atoms with Crippen molar-refractivity contribution in [1.29, 1.82) is 0 Å². The van der Waals surface area contributed by atoms with Gasteiger partial charge in [-0.3, -0.25) is 14.4 Å². The standard InChI is InChI=1S/C24H17F3N2O4/c25-24(26,27)15-5-4-8-17(13-15)28-22(31)19-20(14-9-11-18(30)12-10-14)29(33-21(19)23(28)32)16-6-2-1-3-7-16/h1-13,19-21,30H/t19-,20-,21-/m1/s1. The van der Waals surface area contributed by atoms with Gasteiger partial charge >= 0.3 is 6.18 Å². The van der Waals surface area contributed by atoms with E-state index < -0.39 is 41.6 Å². The van der Waals surface area contributed by atoms with Gasteiger partial charge in [-0.15, -0.1) is 0 Å². The zero-order valence-electron chi connectivity index (χ0n) is 16.9. The van der Waals surface area contributed by atoms with Crippen LogP contribution in [0, 0.1) is 5.92 Å². The Hall–Kier alpha value is -3.85. The molecule has 2 aliphatic rings. The van der Waals surface area contributed by atoms with Crippen molar-refractivity contribution in [2.75, 3.05) is 9.96 Å². The molecule has 5 rings (SSSR count). The molecule has 2 fully saturated rings. The molecule has 2 aliphatic heterocycles. The Balaban J connectivity index is 1.57. The van der Waals surface area contributed by atoms with Gasteiger partial charge < -0.3 is 5.11 Å². The van der Waals surface area contributed by atoms with E-state index in [1.165, 1.54) is 23.3 Å². The van der Waals surface area contributed by atoms with Gasteiger partial charge in [0.1, 0.15) is 11.7 Å². The number of phenolic OH excluding ortho intramolecular Hbond substituents is 1. The van der Waals surface area contributed by atoms with Gasteiger partial charge in [-0.25, -0.2) is 9.96 Å². The largest absolute Gasteiger partial charge is 0.508 e. The van der Waals surface area contributed by atoms with Crippen molar-refractivity contribution in [2.45, 2.75) is 18.3 Å². The van der Waals surface area contributed by atoms with E-state index in [0.717, 1.165) is 23.1 Å². The van der Waals surface area contributed by atoms with Gasteiger partial charge in [0.2, 0.25) is 5.91 Å². The Morgan fingerprint density at radius 1 is 0.818 bits per heavy atom. The lowest BCUT2D eigenvalue weighted by Gasteiger charge is -2.28. The number of anilines is 2. The quantitative estimate of drug-likeness (QED) is 0.592. The Bertz CT molecular complexity index is 1210. The number of imide groups is 1. The maximum absolute atomic E-state index is 13.5. The number of aromatic hydroxyl groups is 1. The number of halogens is 3. The van der Waals surface area contributed by atoms with Gasteiger partial charge in [-0.2, -0.15) is 13.2 Å². The molecule has 168 valence electrons. The van der Waals surface area contributed by atoms with Crippen molar-refractivity contribution in [3.05, 3.63) is 90.0 Å². The van der Waals surface area contributed by atoms with Gasteiger partial charge in [-0.1, -0.05) is 36.4 Å². The molecule has 9 heteroatoms. The van der Waals surface area contributed by atoms with Crippen LogP contribution in [0.25, 0.3) is 0 Å². The number of hydrogen-bond donors (Lipinski definition) is 1. The first kappa shape index (κ1) is 21.0. The maximum Gasteiger partial charge on any atom is 0.416 e. The summed E-state index contributed by atoms with van der Waals surface area (Å²) in [6, 6.07) is 18.4. The number of para-hydroxylation sites is 1. The zero-order valence-corrected chi connectivity index (χ0v) is 16.9. The molecule has 0 saturated carbocycles. The van der Waals surface area contributed by atoms with Crippen LogP contribution in [0.1, 0.15) is 17.2 Å². The third kappa shape index (κ3) is 3.50. The van der Waals surface area contributed by atoms with Crippen LogP contribution in [-0.4, -0.2) is 23.0 Å². The van der Waals surface area contributed by atoms with Crippen molar-refractivity contribution in [1.82, 2.24) is 0 Å². The molecule has 0 unspecified atom stereocenters.